The van der Waals surface area contributed by atoms with Gasteiger partial charge in [-0.1, -0.05) is 6.92 Å². The van der Waals surface area contributed by atoms with Crippen LogP contribution in [-0.4, -0.2) is 25.7 Å². The third-order valence-corrected chi connectivity index (χ3v) is 4.53. The van der Waals surface area contributed by atoms with Gasteiger partial charge in [-0.15, -0.1) is 11.3 Å². The van der Waals surface area contributed by atoms with Crippen LogP contribution < -0.4 is 10.6 Å². The summed E-state index contributed by atoms with van der Waals surface area (Å²) in [5, 5.41) is 6.14. The zero-order chi connectivity index (χ0) is 14.5. The Kier molecular flexibility index (Phi) is 5.00. The van der Waals surface area contributed by atoms with Gasteiger partial charge in [0, 0.05) is 11.4 Å². The Morgan fingerprint density at radius 3 is 2.75 bits per heavy atom. The lowest BCUT2D eigenvalue weighted by molar-refractivity contribution is 0.0601. The summed E-state index contributed by atoms with van der Waals surface area (Å²) in [6.45, 7) is 2.61. The predicted octanol–water partition coefficient (Wildman–Crippen LogP) is 2.95. The number of carbonyl (C=O) groups excluding carboxylic acids is 2. The Bertz CT molecular complexity index is 511. The molecule has 0 saturated carbocycles. The topological polar surface area (TPSA) is 67.4 Å². The smallest absolute Gasteiger partial charge is 0.341 e. The average molecular weight is 296 g/mol. The van der Waals surface area contributed by atoms with Crippen molar-refractivity contribution in [2.24, 2.45) is 0 Å². The molecule has 0 bridgehead atoms. The van der Waals surface area contributed by atoms with Crippen molar-refractivity contribution in [3.05, 3.63) is 16.0 Å². The summed E-state index contributed by atoms with van der Waals surface area (Å²) < 4.78 is 4.86. The second kappa shape index (κ2) is 6.74. The molecule has 5 nitrogen and oxygen atoms in total. The van der Waals surface area contributed by atoms with Crippen LogP contribution in [0.5, 0.6) is 0 Å². The van der Waals surface area contributed by atoms with Gasteiger partial charge in [0.2, 0.25) is 0 Å². The fraction of sp³-hybridized carbons (Fsp3) is 0.571. The first kappa shape index (κ1) is 14.8. The number of urea groups is 1. The Labute approximate surface area is 122 Å². The van der Waals surface area contributed by atoms with E-state index in [9.17, 15) is 9.59 Å². The van der Waals surface area contributed by atoms with Gasteiger partial charge in [0.15, 0.2) is 0 Å². The van der Waals surface area contributed by atoms with Crippen LogP contribution in [0.15, 0.2) is 0 Å². The van der Waals surface area contributed by atoms with E-state index in [0.717, 1.165) is 37.7 Å². The molecule has 0 saturated heterocycles. The van der Waals surface area contributed by atoms with Gasteiger partial charge in [0.25, 0.3) is 0 Å². The minimum Gasteiger partial charge on any atom is -0.465 e. The number of rotatable bonds is 4. The molecular weight excluding hydrogens is 276 g/mol. The number of methoxy groups -OCH3 is 1. The van der Waals surface area contributed by atoms with Crippen LogP contribution in [0.4, 0.5) is 9.80 Å². The van der Waals surface area contributed by atoms with E-state index in [2.05, 4.69) is 10.6 Å². The van der Waals surface area contributed by atoms with E-state index in [0.29, 0.717) is 17.1 Å². The molecule has 2 rings (SSSR count). The molecule has 1 aromatic heterocycles. The molecule has 1 aliphatic rings. The first-order valence-electron chi connectivity index (χ1n) is 6.95. The zero-order valence-electron chi connectivity index (χ0n) is 11.9. The molecule has 110 valence electrons. The fourth-order valence-electron chi connectivity index (χ4n) is 2.36. The van der Waals surface area contributed by atoms with Crippen LogP contribution in [0.3, 0.4) is 0 Å². The second-order valence-electron chi connectivity index (χ2n) is 4.79. The molecule has 1 heterocycles. The van der Waals surface area contributed by atoms with E-state index in [4.69, 9.17) is 4.74 Å². The number of aryl methyl sites for hydroxylation is 1. The highest BCUT2D eigenvalue weighted by Gasteiger charge is 2.26. The molecule has 0 atom stereocenters. The highest BCUT2D eigenvalue weighted by atomic mass is 32.1. The Morgan fingerprint density at radius 2 is 2.05 bits per heavy atom. The van der Waals surface area contributed by atoms with E-state index in [1.54, 1.807) is 0 Å². The fourth-order valence-corrected chi connectivity index (χ4v) is 3.63. The summed E-state index contributed by atoms with van der Waals surface area (Å²) in [5.74, 6) is -0.366. The van der Waals surface area contributed by atoms with Crippen LogP contribution in [-0.2, 0) is 17.6 Å². The lowest BCUT2D eigenvalue weighted by atomic mass is 9.95. The standard InChI is InChI=1S/C14H20N2O3S/c1-3-8-15-14(18)16-12-11(13(17)19-2)9-6-4-5-7-10(9)20-12/h3-8H2,1-2H3,(H2,15,16,18). The zero-order valence-corrected chi connectivity index (χ0v) is 12.7. The number of carbonyl (C=O) groups is 2. The van der Waals surface area contributed by atoms with E-state index in [1.165, 1.54) is 23.3 Å². The number of anilines is 1. The van der Waals surface area contributed by atoms with Crippen molar-refractivity contribution in [2.75, 3.05) is 19.0 Å². The molecule has 0 aliphatic heterocycles. The second-order valence-corrected chi connectivity index (χ2v) is 5.89. The number of nitrogens with one attached hydrogen (secondary N) is 2. The molecule has 2 N–H and O–H groups in total. The minimum absolute atomic E-state index is 0.268. The summed E-state index contributed by atoms with van der Waals surface area (Å²) in [6, 6.07) is -0.268. The quantitative estimate of drug-likeness (QED) is 0.839. The number of esters is 1. The number of amides is 2. The van der Waals surface area contributed by atoms with Crippen molar-refractivity contribution in [1.82, 2.24) is 5.32 Å². The third-order valence-electron chi connectivity index (χ3n) is 3.32. The molecule has 0 fully saturated rings. The number of ether oxygens (including phenoxy) is 1. The predicted molar refractivity (Wildman–Crippen MR) is 79.6 cm³/mol. The summed E-state index contributed by atoms with van der Waals surface area (Å²) in [6.07, 6.45) is 4.94. The highest BCUT2D eigenvalue weighted by Crippen LogP contribution is 2.38. The van der Waals surface area contributed by atoms with Crippen molar-refractivity contribution < 1.29 is 14.3 Å². The van der Waals surface area contributed by atoms with Gasteiger partial charge in [-0.2, -0.15) is 0 Å². The van der Waals surface area contributed by atoms with E-state index >= 15 is 0 Å². The van der Waals surface area contributed by atoms with Crippen molar-refractivity contribution in [3.8, 4) is 0 Å². The lowest BCUT2D eigenvalue weighted by Crippen LogP contribution is -2.29. The molecule has 0 radical (unpaired) electrons. The molecule has 2 amide bonds. The maximum Gasteiger partial charge on any atom is 0.341 e. The number of hydrogen-bond donors (Lipinski definition) is 2. The SMILES string of the molecule is CCCNC(=O)Nc1sc2c(c1C(=O)OC)CCCC2. The lowest BCUT2D eigenvalue weighted by Gasteiger charge is -2.11. The minimum atomic E-state index is -0.366. The van der Waals surface area contributed by atoms with Crippen molar-refractivity contribution >= 4 is 28.3 Å². The van der Waals surface area contributed by atoms with Crippen LogP contribution in [0.25, 0.3) is 0 Å². The molecule has 6 heteroatoms. The molecular formula is C14H20N2O3S. The molecule has 0 aromatic carbocycles. The summed E-state index contributed by atoms with van der Waals surface area (Å²) >= 11 is 1.49. The summed E-state index contributed by atoms with van der Waals surface area (Å²) in [4.78, 5) is 25.0. The van der Waals surface area contributed by atoms with Gasteiger partial charge >= 0.3 is 12.0 Å². The van der Waals surface area contributed by atoms with Gasteiger partial charge in [-0.05, 0) is 37.7 Å². The first-order valence-corrected chi connectivity index (χ1v) is 7.76. The highest BCUT2D eigenvalue weighted by molar-refractivity contribution is 7.17. The maximum absolute atomic E-state index is 12.0. The van der Waals surface area contributed by atoms with Gasteiger partial charge < -0.3 is 10.1 Å². The monoisotopic (exact) mass is 296 g/mol. The number of hydrogen-bond acceptors (Lipinski definition) is 4. The van der Waals surface area contributed by atoms with Gasteiger partial charge in [0.05, 0.1) is 12.7 Å². The van der Waals surface area contributed by atoms with E-state index in [-0.39, 0.29) is 12.0 Å². The molecule has 20 heavy (non-hydrogen) atoms. The van der Waals surface area contributed by atoms with E-state index in [1.807, 2.05) is 6.92 Å². The van der Waals surface area contributed by atoms with Crippen LogP contribution in [0.2, 0.25) is 0 Å². The third kappa shape index (κ3) is 3.12. The van der Waals surface area contributed by atoms with Crippen LogP contribution in [0, 0.1) is 0 Å². The molecule has 1 aromatic rings. The number of fused-ring (bicyclic) bond motifs is 1. The summed E-state index contributed by atoms with van der Waals surface area (Å²) in [7, 11) is 1.37. The first-order chi connectivity index (χ1) is 9.67. The largest absolute Gasteiger partial charge is 0.465 e. The Balaban J connectivity index is 2.25. The van der Waals surface area contributed by atoms with E-state index < -0.39 is 0 Å². The van der Waals surface area contributed by atoms with Crippen LogP contribution >= 0.6 is 11.3 Å². The average Bonchev–Trinajstić information content (AvgIpc) is 2.82. The van der Waals surface area contributed by atoms with Gasteiger partial charge in [-0.25, -0.2) is 9.59 Å². The van der Waals surface area contributed by atoms with Crippen molar-refractivity contribution in [3.63, 3.8) is 0 Å². The maximum atomic E-state index is 12.0. The Hall–Kier alpha value is -1.56. The normalized spacial score (nSPS) is 13.5. The van der Waals surface area contributed by atoms with Crippen molar-refractivity contribution in [1.29, 1.82) is 0 Å². The van der Waals surface area contributed by atoms with Crippen molar-refractivity contribution in [2.45, 2.75) is 39.0 Å². The summed E-state index contributed by atoms with van der Waals surface area (Å²) in [5.41, 5.74) is 1.60. The molecule has 0 unspecified atom stereocenters. The van der Waals surface area contributed by atoms with Gasteiger partial charge in [-0.3, -0.25) is 5.32 Å². The van der Waals surface area contributed by atoms with Crippen LogP contribution in [0.1, 0.15) is 47.0 Å². The number of thiophene rings is 1. The Morgan fingerprint density at radius 1 is 1.30 bits per heavy atom. The van der Waals surface area contributed by atoms with Gasteiger partial charge in [0.1, 0.15) is 5.00 Å². The molecule has 1 aliphatic carbocycles. The molecule has 0 spiro atoms.